The summed E-state index contributed by atoms with van der Waals surface area (Å²) in [6.07, 6.45) is -1.31. The van der Waals surface area contributed by atoms with Crippen molar-refractivity contribution in [2.24, 2.45) is 0 Å². The summed E-state index contributed by atoms with van der Waals surface area (Å²) < 4.78 is 30.9. The van der Waals surface area contributed by atoms with Crippen molar-refractivity contribution in [3.05, 3.63) is 22.8 Å². The average molecular weight is 770 g/mol. The maximum atomic E-state index is 13.6. The van der Waals surface area contributed by atoms with Crippen LogP contribution in [0.25, 0.3) is 0 Å². The van der Waals surface area contributed by atoms with Crippen molar-refractivity contribution in [3.8, 4) is 0 Å². The summed E-state index contributed by atoms with van der Waals surface area (Å²) >= 11 is -5.90. The number of methoxy groups -OCH3 is 2. The molecule has 3 heterocycles. The number of nitrogens with zero attached hydrogens (tertiary/aromatic N) is 4. The molecule has 14 heteroatoms. The van der Waals surface area contributed by atoms with Crippen LogP contribution in [-0.2, 0) is 18.3 Å². The van der Waals surface area contributed by atoms with Crippen molar-refractivity contribution in [2.45, 2.75) is 125 Å². The molecule has 0 bridgehead atoms. The molecule has 1 aliphatic rings. The topological polar surface area (TPSA) is 107 Å². The van der Waals surface area contributed by atoms with Gasteiger partial charge in [0.15, 0.2) is 0 Å². The number of hydrogen-bond acceptors (Lipinski definition) is 8. The molecule has 0 aliphatic carbocycles. The van der Waals surface area contributed by atoms with Gasteiger partial charge < -0.3 is 0 Å². The molecule has 2 unspecified atom stereocenters. The number of esters is 2. The van der Waals surface area contributed by atoms with Crippen LogP contribution in [0.15, 0.2) is 0 Å². The third-order valence-corrected chi connectivity index (χ3v) is 35.0. The first-order chi connectivity index (χ1) is 20.5. The first-order valence-electron chi connectivity index (χ1n) is 16.3. The summed E-state index contributed by atoms with van der Waals surface area (Å²) in [4.78, 5) is 27.2. The molecule has 0 saturated heterocycles. The second-order valence-electron chi connectivity index (χ2n) is 13.9. The third-order valence-electron chi connectivity index (χ3n) is 9.62. The van der Waals surface area contributed by atoms with Crippen LogP contribution in [0.3, 0.4) is 0 Å². The van der Waals surface area contributed by atoms with Gasteiger partial charge in [-0.05, 0) is 0 Å². The molecule has 0 spiro atoms. The van der Waals surface area contributed by atoms with E-state index in [2.05, 4.69) is 80.8 Å². The van der Waals surface area contributed by atoms with Gasteiger partial charge in [-0.1, -0.05) is 0 Å². The van der Waals surface area contributed by atoms with Gasteiger partial charge >= 0.3 is 273 Å². The van der Waals surface area contributed by atoms with Crippen LogP contribution in [0.1, 0.15) is 86.4 Å². The van der Waals surface area contributed by atoms with E-state index in [1.165, 1.54) is 14.2 Å². The molecule has 0 saturated carbocycles. The van der Waals surface area contributed by atoms with Gasteiger partial charge in [-0.3, -0.25) is 0 Å². The Morgan fingerprint density at radius 1 is 0.614 bits per heavy atom. The third kappa shape index (κ3) is 6.62. The molecule has 44 heavy (non-hydrogen) atoms. The monoisotopic (exact) mass is 772 g/mol. The van der Waals surface area contributed by atoms with E-state index in [-0.39, 0.29) is 0 Å². The second-order valence-corrected chi connectivity index (χ2v) is 44.6. The number of carbonyl (C=O) groups excluding carboxylic acids is 2. The Hall–Kier alpha value is -1.20. The molecule has 1 aliphatic heterocycles. The molecule has 0 radical (unpaired) electrons. The van der Waals surface area contributed by atoms with Crippen molar-refractivity contribution in [3.63, 3.8) is 0 Å². The Morgan fingerprint density at radius 3 is 1.09 bits per heavy atom. The predicted octanol–water partition coefficient (Wildman–Crippen LogP) is 6.19. The zero-order chi connectivity index (χ0) is 33.4. The van der Waals surface area contributed by atoms with Gasteiger partial charge in [0, 0.05) is 0 Å². The van der Waals surface area contributed by atoms with Gasteiger partial charge in [0.05, 0.1) is 0 Å². The molecule has 0 fully saturated rings. The predicted molar refractivity (Wildman–Crippen MR) is 186 cm³/mol. The van der Waals surface area contributed by atoms with Crippen molar-refractivity contribution in [2.75, 3.05) is 14.2 Å². The number of aromatic nitrogens is 4. The first kappa shape index (κ1) is 37.3. The van der Waals surface area contributed by atoms with Crippen molar-refractivity contribution < 1.29 is 27.9 Å². The number of rotatable bonds is 14. The molecule has 0 aromatic carbocycles. The first-order valence-corrected chi connectivity index (χ1v) is 34.1. The molecule has 248 valence electrons. The van der Waals surface area contributed by atoms with Crippen LogP contribution in [0.5, 0.6) is 0 Å². The van der Waals surface area contributed by atoms with Gasteiger partial charge in [-0.2, -0.15) is 0 Å². The van der Waals surface area contributed by atoms with Crippen LogP contribution in [-0.4, -0.2) is 88.9 Å². The van der Waals surface area contributed by atoms with E-state index in [9.17, 15) is 9.59 Å². The van der Waals surface area contributed by atoms with Crippen LogP contribution in [0.4, 0.5) is 0 Å². The van der Waals surface area contributed by atoms with Gasteiger partial charge in [0.2, 0.25) is 0 Å². The van der Waals surface area contributed by atoms with E-state index in [1.807, 2.05) is 9.36 Å². The summed E-state index contributed by atoms with van der Waals surface area (Å²) in [5, 5.41) is 16.2. The van der Waals surface area contributed by atoms with Crippen molar-refractivity contribution in [1.29, 1.82) is 0 Å². The Balaban J connectivity index is 2.69. The normalized spacial score (nSPS) is 17.3. The molecular weight excluding hydrogens is 714 g/mol. The number of carbonyl (C=O) groups is 2. The van der Waals surface area contributed by atoms with E-state index in [0.717, 1.165) is 51.7 Å². The Morgan fingerprint density at radius 2 is 0.886 bits per heavy atom. The molecule has 0 N–H and O–H groups in total. The minimum atomic E-state index is -2.95. The second kappa shape index (κ2) is 13.9. The zero-order valence-corrected chi connectivity index (χ0v) is 35.8. The van der Waals surface area contributed by atoms with E-state index >= 15 is 0 Å². The zero-order valence-electron chi connectivity index (χ0n) is 29.6. The molecular formula is C30H56Ge2N4O6Si2. The van der Waals surface area contributed by atoms with Gasteiger partial charge in [0.1, 0.15) is 0 Å². The summed E-state index contributed by atoms with van der Waals surface area (Å²) in [7, 11) is -1.62. The SMILES string of the molecule is C[CH2][Ge]([CH2]C)([CH2]C)[c]1c(C(=O)OC)nn2c1C(O[Si](C)(C)C)n1nc(C(=O)OC)[c]([Ge]([CH2]C)([CH2]C)[CH2]C)c1C2O[Si](C)(C)C. The maximum absolute atomic E-state index is 13.6. The number of ether oxygens (including phenoxy) is 2. The molecule has 2 aromatic heterocycles. The fraction of sp³-hybridized carbons (Fsp3) is 0.733. The molecule has 2 atom stereocenters. The number of fused-ring (bicyclic) bond motifs is 2. The van der Waals surface area contributed by atoms with E-state index < -0.39 is 67.6 Å². The van der Waals surface area contributed by atoms with Crippen LogP contribution < -0.4 is 8.79 Å². The van der Waals surface area contributed by atoms with E-state index in [0.29, 0.717) is 11.4 Å². The van der Waals surface area contributed by atoms with E-state index in [1.54, 1.807) is 0 Å². The van der Waals surface area contributed by atoms with Crippen molar-refractivity contribution in [1.82, 2.24) is 19.6 Å². The summed E-state index contributed by atoms with van der Waals surface area (Å²) in [6.45, 7) is 26.4. The summed E-state index contributed by atoms with van der Waals surface area (Å²) in [5.41, 5.74) is 2.47. The van der Waals surface area contributed by atoms with Crippen molar-refractivity contribution >= 4 is 63.9 Å². The average Bonchev–Trinajstić information content (AvgIpc) is 3.57. The molecule has 0 amide bonds. The summed E-state index contributed by atoms with van der Waals surface area (Å²) in [5.74, 6) is -0.858. The fourth-order valence-electron chi connectivity index (χ4n) is 6.92. The Labute approximate surface area is 271 Å². The fourth-order valence-corrected chi connectivity index (χ4v) is 25.5. The van der Waals surface area contributed by atoms with E-state index in [4.69, 9.17) is 28.5 Å². The summed E-state index contributed by atoms with van der Waals surface area (Å²) in [6, 6.07) is 0. The minimum absolute atomic E-state index is 0.385. The van der Waals surface area contributed by atoms with Gasteiger partial charge in [-0.15, -0.1) is 0 Å². The molecule has 2 aromatic rings. The van der Waals surface area contributed by atoms with Gasteiger partial charge in [-0.25, -0.2) is 0 Å². The number of hydrogen-bond donors (Lipinski definition) is 0. The van der Waals surface area contributed by atoms with Crippen LogP contribution in [0, 0.1) is 0 Å². The Bertz CT molecular complexity index is 1240. The Kier molecular flexibility index (Phi) is 11.8. The van der Waals surface area contributed by atoms with Crippen LogP contribution in [0.2, 0.25) is 70.8 Å². The van der Waals surface area contributed by atoms with Gasteiger partial charge in [0.25, 0.3) is 0 Å². The standard InChI is InChI=1S/C30H56Ge2N4O6Si2/c1-15-31(16-2,17-3)21-23(29(37)39-7)33-35-25(21)27(41-43(9,10)11)36-26(28(35)42-44(12,13)14)22(24(34-36)30(38)40-8)32(18-4,19-5)20-6/h27-28H,15-20H2,1-14H3. The molecule has 10 nitrogen and oxygen atoms in total. The van der Waals surface area contributed by atoms with Crippen LogP contribution >= 0.6 is 0 Å². The quantitative estimate of drug-likeness (QED) is 0.166. The molecule has 3 rings (SSSR count).